The van der Waals surface area contributed by atoms with Crippen LogP contribution < -0.4 is 0 Å². The highest BCUT2D eigenvalue weighted by atomic mass is 14.1. The summed E-state index contributed by atoms with van der Waals surface area (Å²) in [5.74, 6) is 0.973. The van der Waals surface area contributed by atoms with Crippen LogP contribution in [0.25, 0.3) is 0 Å². The van der Waals surface area contributed by atoms with Crippen LogP contribution in [-0.4, -0.2) is 0 Å². The summed E-state index contributed by atoms with van der Waals surface area (Å²) in [4.78, 5) is 0. The van der Waals surface area contributed by atoms with Gasteiger partial charge < -0.3 is 0 Å². The Morgan fingerprint density at radius 3 is 1.05 bits per heavy atom. The molecule has 0 rings (SSSR count). The van der Waals surface area contributed by atoms with Gasteiger partial charge in [0.1, 0.15) is 0 Å². The summed E-state index contributed by atoms with van der Waals surface area (Å²) in [5.41, 5.74) is 0. The smallest absolute Gasteiger partial charge is 0.0443 e. The normalized spacial score (nSPS) is 12.7. The van der Waals surface area contributed by atoms with Crippen LogP contribution in [0.1, 0.15) is 130 Å². The summed E-state index contributed by atoms with van der Waals surface area (Å²) >= 11 is 0. The van der Waals surface area contributed by atoms with E-state index in [-0.39, 0.29) is 0 Å². The lowest BCUT2D eigenvalue weighted by atomic mass is 9.96. The van der Waals surface area contributed by atoms with Crippen molar-refractivity contribution >= 4 is 0 Å². The van der Waals surface area contributed by atoms with Gasteiger partial charge in [-0.2, -0.15) is 0 Å². The molecule has 1 atom stereocenters. The van der Waals surface area contributed by atoms with E-state index in [9.17, 15) is 0 Å². The van der Waals surface area contributed by atoms with Crippen LogP contribution in [0.15, 0.2) is 0 Å². The van der Waals surface area contributed by atoms with Gasteiger partial charge in [-0.05, 0) is 5.92 Å². The third-order valence-electron chi connectivity index (χ3n) is 4.85. The maximum absolute atomic E-state index is 2.47. The van der Waals surface area contributed by atoms with Crippen LogP contribution in [0.5, 0.6) is 0 Å². The molecule has 0 radical (unpaired) electrons. The Labute approximate surface area is 136 Å². The van der Waals surface area contributed by atoms with Gasteiger partial charge in [-0.15, -0.1) is 0 Å². The maximum atomic E-state index is 2.47. The van der Waals surface area contributed by atoms with Crippen LogP contribution in [0.2, 0.25) is 0 Å². The molecular weight excluding hydrogens is 252 g/mol. The maximum Gasteiger partial charge on any atom is -0.0443 e. The van der Waals surface area contributed by atoms with Gasteiger partial charge in [-0.1, -0.05) is 130 Å². The summed E-state index contributed by atoms with van der Waals surface area (Å²) in [6.45, 7) is 7.07. The molecular formula is C21H44. The van der Waals surface area contributed by atoms with E-state index >= 15 is 0 Å². The van der Waals surface area contributed by atoms with E-state index in [2.05, 4.69) is 20.8 Å². The minimum atomic E-state index is 0.973. The summed E-state index contributed by atoms with van der Waals surface area (Å²) < 4.78 is 0. The Morgan fingerprint density at radius 1 is 0.429 bits per heavy atom. The summed E-state index contributed by atoms with van der Waals surface area (Å²) in [5, 5.41) is 0. The molecule has 0 aliphatic carbocycles. The summed E-state index contributed by atoms with van der Waals surface area (Å²) in [6.07, 6.45) is 24.8. The zero-order chi connectivity index (χ0) is 15.6. The number of unbranched alkanes of at least 4 members (excludes halogenated alkanes) is 13. The van der Waals surface area contributed by atoms with Gasteiger partial charge >= 0.3 is 0 Å². The van der Waals surface area contributed by atoms with Crippen LogP contribution in [0.4, 0.5) is 0 Å². The minimum absolute atomic E-state index is 0.973. The molecule has 0 aliphatic heterocycles. The number of rotatable bonds is 17. The van der Waals surface area contributed by atoms with Gasteiger partial charge in [0.2, 0.25) is 0 Å². The highest BCUT2D eigenvalue weighted by Gasteiger charge is 2.02. The van der Waals surface area contributed by atoms with Crippen LogP contribution >= 0.6 is 0 Å². The monoisotopic (exact) mass is 296 g/mol. The highest BCUT2D eigenvalue weighted by Crippen LogP contribution is 2.18. The molecule has 0 nitrogen and oxygen atoms in total. The SMILES string of the molecule is CCCCCCCCCC[C@H](C)CCCCCCCCC. The first-order valence-corrected chi connectivity index (χ1v) is 10.3. The predicted molar refractivity (Wildman–Crippen MR) is 99.0 cm³/mol. The van der Waals surface area contributed by atoms with E-state index in [0.717, 1.165) is 5.92 Å². The molecule has 21 heavy (non-hydrogen) atoms. The first-order valence-electron chi connectivity index (χ1n) is 10.3. The second-order valence-corrected chi connectivity index (χ2v) is 7.28. The van der Waals surface area contributed by atoms with Gasteiger partial charge in [0.25, 0.3) is 0 Å². The molecule has 0 heteroatoms. The fraction of sp³-hybridized carbons (Fsp3) is 1.00. The highest BCUT2D eigenvalue weighted by molar-refractivity contribution is 4.56. The summed E-state index contributed by atoms with van der Waals surface area (Å²) in [6, 6.07) is 0. The van der Waals surface area contributed by atoms with Crippen molar-refractivity contribution in [3.8, 4) is 0 Å². The lowest BCUT2D eigenvalue weighted by Crippen LogP contribution is -1.95. The van der Waals surface area contributed by atoms with Crippen LogP contribution in [0.3, 0.4) is 0 Å². The fourth-order valence-corrected chi connectivity index (χ4v) is 3.22. The molecule has 0 bridgehead atoms. The van der Waals surface area contributed by atoms with E-state index in [1.807, 2.05) is 0 Å². The molecule has 0 heterocycles. The predicted octanol–water partition coefficient (Wildman–Crippen LogP) is 8.29. The lowest BCUT2D eigenvalue weighted by Gasteiger charge is -2.11. The molecule has 0 unspecified atom stereocenters. The molecule has 0 aliphatic rings. The van der Waals surface area contributed by atoms with Crippen molar-refractivity contribution in [2.24, 2.45) is 5.92 Å². The fourth-order valence-electron chi connectivity index (χ4n) is 3.22. The second-order valence-electron chi connectivity index (χ2n) is 7.28. The molecule has 0 saturated carbocycles. The van der Waals surface area contributed by atoms with Crippen molar-refractivity contribution < 1.29 is 0 Å². The molecule has 0 aromatic carbocycles. The number of hydrogen-bond donors (Lipinski definition) is 0. The Hall–Kier alpha value is 0. The van der Waals surface area contributed by atoms with E-state index in [0.29, 0.717) is 0 Å². The van der Waals surface area contributed by atoms with Gasteiger partial charge in [-0.25, -0.2) is 0 Å². The molecule has 0 fully saturated rings. The van der Waals surface area contributed by atoms with Crippen molar-refractivity contribution in [3.05, 3.63) is 0 Å². The first kappa shape index (κ1) is 21.0. The molecule has 0 amide bonds. The molecule has 0 aromatic rings. The average Bonchev–Trinajstić information content (AvgIpc) is 2.49. The topological polar surface area (TPSA) is 0 Å². The van der Waals surface area contributed by atoms with E-state index < -0.39 is 0 Å². The zero-order valence-corrected chi connectivity index (χ0v) is 15.6. The molecule has 0 saturated heterocycles. The van der Waals surface area contributed by atoms with Crippen molar-refractivity contribution in [1.82, 2.24) is 0 Å². The van der Waals surface area contributed by atoms with E-state index in [4.69, 9.17) is 0 Å². The Balaban J connectivity index is 3.11. The van der Waals surface area contributed by atoms with Crippen molar-refractivity contribution in [1.29, 1.82) is 0 Å². The molecule has 0 aromatic heterocycles. The van der Waals surface area contributed by atoms with Gasteiger partial charge in [0.05, 0.1) is 0 Å². The summed E-state index contributed by atoms with van der Waals surface area (Å²) in [7, 11) is 0. The zero-order valence-electron chi connectivity index (χ0n) is 15.6. The van der Waals surface area contributed by atoms with Crippen molar-refractivity contribution in [2.45, 2.75) is 130 Å². The largest absolute Gasteiger partial charge is 0.0654 e. The van der Waals surface area contributed by atoms with Crippen molar-refractivity contribution in [3.63, 3.8) is 0 Å². The minimum Gasteiger partial charge on any atom is -0.0654 e. The Morgan fingerprint density at radius 2 is 0.714 bits per heavy atom. The van der Waals surface area contributed by atoms with Crippen LogP contribution in [-0.2, 0) is 0 Å². The van der Waals surface area contributed by atoms with Crippen LogP contribution in [0, 0.1) is 5.92 Å². The molecule has 0 spiro atoms. The van der Waals surface area contributed by atoms with Gasteiger partial charge in [-0.3, -0.25) is 0 Å². The van der Waals surface area contributed by atoms with Crippen molar-refractivity contribution in [2.75, 3.05) is 0 Å². The Bertz CT molecular complexity index is 173. The lowest BCUT2D eigenvalue weighted by molar-refractivity contribution is 0.430. The molecule has 128 valence electrons. The first-order chi connectivity index (χ1) is 10.3. The van der Waals surface area contributed by atoms with E-state index in [1.165, 1.54) is 109 Å². The third-order valence-corrected chi connectivity index (χ3v) is 4.85. The number of hydrogen-bond acceptors (Lipinski definition) is 0. The quantitative estimate of drug-likeness (QED) is 0.237. The standard InChI is InChI=1S/C21H44/c1-4-6-8-10-12-14-16-18-20-21(3)19-17-15-13-11-9-7-5-2/h21H,4-20H2,1-3H3/t21-/m1/s1. The van der Waals surface area contributed by atoms with Gasteiger partial charge in [0, 0.05) is 0 Å². The van der Waals surface area contributed by atoms with E-state index in [1.54, 1.807) is 0 Å². The second kappa shape index (κ2) is 18.1. The molecule has 0 N–H and O–H groups in total. The Kier molecular flexibility index (Phi) is 18.1. The van der Waals surface area contributed by atoms with Gasteiger partial charge in [0.15, 0.2) is 0 Å². The average molecular weight is 297 g/mol. The third kappa shape index (κ3) is 18.0.